The topological polar surface area (TPSA) is 61.8 Å². The summed E-state index contributed by atoms with van der Waals surface area (Å²) < 4.78 is 41.3. The second-order valence-electron chi connectivity index (χ2n) is 6.17. The number of ether oxygens (including phenoxy) is 2. The van der Waals surface area contributed by atoms with Crippen molar-refractivity contribution in [2.45, 2.75) is 32.5 Å². The maximum Gasteiger partial charge on any atom is 0.293 e. The molecule has 0 amide bonds. The number of hydrogen-bond acceptors (Lipinski definition) is 5. The Morgan fingerprint density at radius 2 is 1.87 bits per heavy atom. The Morgan fingerprint density at radius 3 is 2.57 bits per heavy atom. The monoisotopic (exact) mass is 338 g/mol. The van der Waals surface area contributed by atoms with Crippen LogP contribution in [0.2, 0.25) is 0 Å². The average Bonchev–Trinajstić information content (AvgIpc) is 3.00. The van der Waals surface area contributed by atoms with Crippen LogP contribution in [0.15, 0.2) is 35.2 Å². The molecular weight excluding hydrogens is 316 g/mol. The first kappa shape index (κ1) is 16.6. The van der Waals surface area contributed by atoms with Gasteiger partial charge in [0.05, 0.1) is 24.7 Å². The molecule has 1 fully saturated rings. The van der Waals surface area contributed by atoms with Crippen molar-refractivity contribution in [1.82, 2.24) is 0 Å². The molecule has 23 heavy (non-hydrogen) atoms. The maximum atomic E-state index is 12.4. The van der Waals surface area contributed by atoms with Crippen molar-refractivity contribution < 1.29 is 22.1 Å². The van der Waals surface area contributed by atoms with Crippen molar-refractivity contribution in [2.24, 2.45) is 5.92 Å². The van der Waals surface area contributed by atoms with Gasteiger partial charge in [0.2, 0.25) is 0 Å². The Morgan fingerprint density at radius 1 is 1.22 bits per heavy atom. The van der Waals surface area contributed by atoms with Crippen molar-refractivity contribution in [3.63, 3.8) is 0 Å². The Bertz CT molecular complexity index is 701. The molecule has 1 atom stereocenters. The molecule has 0 spiro atoms. The van der Waals surface area contributed by atoms with Gasteiger partial charge in [-0.15, -0.1) is 0 Å². The molecule has 0 saturated carbocycles. The zero-order valence-corrected chi connectivity index (χ0v) is 14.3. The van der Waals surface area contributed by atoms with Gasteiger partial charge in [-0.2, -0.15) is 8.42 Å². The standard InChI is InChI=1S/C17H22O5S/c1-13(17(2)20-9-10-21-17)12-22-23(18,19)16-8-7-14-5-3-4-6-15(14)11-16/h3-6,8,13H,7,9-12H2,1-2H3. The number of fused-ring (bicyclic) bond motifs is 1. The molecule has 0 N–H and O–H groups in total. The zero-order chi connectivity index (χ0) is 16.5. The van der Waals surface area contributed by atoms with Gasteiger partial charge in [0, 0.05) is 12.3 Å². The summed E-state index contributed by atoms with van der Waals surface area (Å²) in [6, 6.07) is 7.87. The molecule has 1 aliphatic heterocycles. The molecular formula is C17H22O5S. The first-order valence-electron chi connectivity index (χ1n) is 7.84. The molecule has 1 aromatic carbocycles. The van der Waals surface area contributed by atoms with Crippen LogP contribution in [0.4, 0.5) is 0 Å². The second-order valence-corrected chi connectivity index (χ2v) is 7.84. The van der Waals surface area contributed by atoms with Crippen LogP contribution in [0.1, 0.15) is 25.0 Å². The Balaban J connectivity index is 1.65. The van der Waals surface area contributed by atoms with E-state index in [1.165, 1.54) is 5.56 Å². The largest absolute Gasteiger partial charge is 0.347 e. The lowest BCUT2D eigenvalue weighted by Gasteiger charge is -2.29. The van der Waals surface area contributed by atoms with E-state index in [1.807, 2.05) is 38.1 Å². The average molecular weight is 338 g/mol. The number of rotatable bonds is 5. The maximum absolute atomic E-state index is 12.4. The molecule has 0 radical (unpaired) electrons. The second kappa shape index (κ2) is 6.36. The minimum atomic E-state index is -3.73. The van der Waals surface area contributed by atoms with E-state index >= 15 is 0 Å². The van der Waals surface area contributed by atoms with Crippen molar-refractivity contribution in [3.8, 4) is 0 Å². The molecule has 0 aromatic heterocycles. The number of benzene rings is 1. The van der Waals surface area contributed by atoms with Crippen LogP contribution in [0.25, 0.3) is 0 Å². The molecule has 2 aliphatic rings. The fourth-order valence-electron chi connectivity index (χ4n) is 2.84. The zero-order valence-electron chi connectivity index (χ0n) is 13.4. The lowest BCUT2D eigenvalue weighted by Crippen LogP contribution is -2.37. The molecule has 1 unspecified atom stereocenters. The molecule has 5 nitrogen and oxygen atoms in total. The highest BCUT2D eigenvalue weighted by Crippen LogP contribution is 2.30. The van der Waals surface area contributed by atoms with Gasteiger partial charge in [0.15, 0.2) is 5.79 Å². The van der Waals surface area contributed by atoms with Crippen LogP contribution in [0.3, 0.4) is 0 Å². The summed E-state index contributed by atoms with van der Waals surface area (Å²) in [5, 5.41) is 0. The predicted molar refractivity (Wildman–Crippen MR) is 86.3 cm³/mol. The summed E-state index contributed by atoms with van der Waals surface area (Å²) in [7, 11) is -3.73. The van der Waals surface area contributed by atoms with Crippen LogP contribution < -0.4 is 0 Å². The predicted octanol–water partition coefficient (Wildman–Crippen LogP) is 2.41. The third-order valence-electron chi connectivity index (χ3n) is 4.58. The van der Waals surface area contributed by atoms with Gasteiger partial charge in [-0.3, -0.25) is 4.18 Å². The summed E-state index contributed by atoms with van der Waals surface area (Å²) in [6.07, 6.45) is 2.75. The van der Waals surface area contributed by atoms with Crippen LogP contribution in [-0.4, -0.2) is 34.0 Å². The van der Waals surface area contributed by atoms with Crippen LogP contribution in [0.5, 0.6) is 0 Å². The Hall–Kier alpha value is -1.21. The summed E-state index contributed by atoms with van der Waals surface area (Å²) in [4.78, 5) is 0.335. The van der Waals surface area contributed by atoms with Crippen molar-refractivity contribution >= 4 is 10.1 Å². The van der Waals surface area contributed by atoms with Crippen molar-refractivity contribution in [2.75, 3.05) is 19.8 Å². The molecule has 0 bridgehead atoms. The first-order chi connectivity index (χ1) is 10.9. The van der Waals surface area contributed by atoms with E-state index in [1.54, 1.807) is 6.08 Å². The molecule has 1 saturated heterocycles. The molecule has 1 aliphatic carbocycles. The van der Waals surface area contributed by atoms with Gasteiger partial charge in [0.25, 0.3) is 10.1 Å². The summed E-state index contributed by atoms with van der Waals surface area (Å²) in [5.41, 5.74) is 2.21. The fourth-order valence-corrected chi connectivity index (χ4v) is 3.99. The summed E-state index contributed by atoms with van der Waals surface area (Å²) >= 11 is 0. The summed E-state index contributed by atoms with van der Waals surface area (Å²) in [6.45, 7) is 4.77. The fraction of sp³-hybridized carbons (Fsp3) is 0.529. The first-order valence-corrected chi connectivity index (χ1v) is 9.25. The lowest BCUT2D eigenvalue weighted by molar-refractivity contribution is -0.182. The smallest absolute Gasteiger partial charge is 0.293 e. The number of allylic oxidation sites excluding steroid dienone is 2. The van der Waals surface area contributed by atoms with Gasteiger partial charge in [-0.1, -0.05) is 37.3 Å². The molecule has 1 aromatic rings. The third kappa shape index (κ3) is 3.50. The van der Waals surface area contributed by atoms with E-state index in [2.05, 4.69) is 0 Å². The van der Waals surface area contributed by atoms with E-state index in [0.29, 0.717) is 31.0 Å². The van der Waals surface area contributed by atoms with E-state index in [9.17, 15) is 8.42 Å². The normalized spacial score (nSPS) is 21.6. The minimum Gasteiger partial charge on any atom is -0.347 e. The van der Waals surface area contributed by atoms with Gasteiger partial charge >= 0.3 is 0 Å². The van der Waals surface area contributed by atoms with Crippen LogP contribution >= 0.6 is 0 Å². The molecule has 1 heterocycles. The van der Waals surface area contributed by atoms with Gasteiger partial charge < -0.3 is 9.47 Å². The van der Waals surface area contributed by atoms with E-state index < -0.39 is 15.9 Å². The van der Waals surface area contributed by atoms with E-state index in [-0.39, 0.29) is 12.5 Å². The highest BCUT2D eigenvalue weighted by atomic mass is 32.2. The van der Waals surface area contributed by atoms with E-state index in [0.717, 1.165) is 5.56 Å². The van der Waals surface area contributed by atoms with Gasteiger partial charge in [0.1, 0.15) is 0 Å². The molecule has 3 rings (SSSR count). The van der Waals surface area contributed by atoms with Crippen molar-refractivity contribution in [3.05, 3.63) is 46.4 Å². The quantitative estimate of drug-likeness (QED) is 0.772. The van der Waals surface area contributed by atoms with Gasteiger partial charge in [-0.05, 0) is 24.5 Å². The van der Waals surface area contributed by atoms with Gasteiger partial charge in [-0.25, -0.2) is 0 Å². The minimum absolute atomic E-state index is 0.0395. The van der Waals surface area contributed by atoms with Crippen molar-refractivity contribution in [1.29, 1.82) is 0 Å². The Kier molecular flexibility index (Phi) is 4.60. The van der Waals surface area contributed by atoms with Crippen LogP contribution in [0, 0.1) is 5.92 Å². The number of hydrogen-bond donors (Lipinski definition) is 0. The SMILES string of the molecule is CC(COS(=O)(=O)C1=CCc2ccccc2C1)C1(C)OCCO1. The third-order valence-corrected chi connectivity index (χ3v) is 5.98. The highest BCUT2D eigenvalue weighted by Gasteiger charge is 2.38. The lowest BCUT2D eigenvalue weighted by atomic mass is 9.97. The Labute approximate surface area is 137 Å². The highest BCUT2D eigenvalue weighted by molar-refractivity contribution is 7.90. The van der Waals surface area contributed by atoms with E-state index in [4.69, 9.17) is 13.7 Å². The molecule has 126 valence electrons. The molecule has 6 heteroatoms. The summed E-state index contributed by atoms with van der Waals surface area (Å²) in [5.74, 6) is -0.959. The van der Waals surface area contributed by atoms with Crippen LogP contribution in [-0.2, 0) is 36.6 Å².